The lowest BCUT2D eigenvalue weighted by atomic mass is 9.91. The number of rotatable bonds is 2. The van der Waals surface area contributed by atoms with Gasteiger partial charge < -0.3 is 10.6 Å². The summed E-state index contributed by atoms with van der Waals surface area (Å²) in [6.45, 7) is 0. The van der Waals surface area contributed by atoms with E-state index in [1.54, 1.807) is 13.1 Å². The highest BCUT2D eigenvalue weighted by molar-refractivity contribution is 7.16. The van der Waals surface area contributed by atoms with Crippen LogP contribution < -0.4 is 10.6 Å². The van der Waals surface area contributed by atoms with Gasteiger partial charge in [0, 0.05) is 19.4 Å². The number of hydrogen-bond acceptors (Lipinski definition) is 4. The van der Waals surface area contributed by atoms with Crippen molar-refractivity contribution in [3.8, 4) is 0 Å². The van der Waals surface area contributed by atoms with E-state index < -0.39 is 0 Å². The molecule has 0 bridgehead atoms. The van der Waals surface area contributed by atoms with Gasteiger partial charge in [0.05, 0.1) is 4.88 Å². The van der Waals surface area contributed by atoms with Crippen molar-refractivity contribution in [2.24, 2.45) is 0 Å². The van der Waals surface area contributed by atoms with E-state index in [0.29, 0.717) is 12.2 Å². The standard InChI is InChI=1S/C13H12FN3OS/c1-15-13-17-12-11(19-13)9(6-10(18)16-12)7-3-2-4-8(14)5-7/h2-5,9H,6H2,1H3,(H,15,17)(H,16,18). The van der Waals surface area contributed by atoms with Crippen molar-refractivity contribution in [2.75, 3.05) is 17.7 Å². The van der Waals surface area contributed by atoms with Crippen LogP contribution in [0.15, 0.2) is 24.3 Å². The third-order valence-corrected chi connectivity index (χ3v) is 4.27. The second-order valence-electron chi connectivity index (χ2n) is 4.34. The Morgan fingerprint density at radius 2 is 2.37 bits per heavy atom. The molecule has 0 aliphatic carbocycles. The summed E-state index contributed by atoms with van der Waals surface area (Å²) in [5.41, 5.74) is 0.808. The van der Waals surface area contributed by atoms with Crippen LogP contribution in [0.1, 0.15) is 22.8 Å². The maximum absolute atomic E-state index is 13.3. The molecule has 0 saturated carbocycles. The number of amides is 1. The van der Waals surface area contributed by atoms with Crippen LogP contribution >= 0.6 is 11.3 Å². The van der Waals surface area contributed by atoms with E-state index in [4.69, 9.17) is 0 Å². The van der Waals surface area contributed by atoms with Crippen molar-refractivity contribution < 1.29 is 9.18 Å². The van der Waals surface area contributed by atoms with Crippen LogP contribution in [-0.2, 0) is 4.79 Å². The van der Waals surface area contributed by atoms with Crippen LogP contribution in [0.5, 0.6) is 0 Å². The van der Waals surface area contributed by atoms with Gasteiger partial charge in [0.25, 0.3) is 0 Å². The first kappa shape index (κ1) is 12.1. The Morgan fingerprint density at radius 3 is 3.11 bits per heavy atom. The molecule has 2 N–H and O–H groups in total. The van der Waals surface area contributed by atoms with Gasteiger partial charge in [0.15, 0.2) is 5.13 Å². The zero-order valence-electron chi connectivity index (χ0n) is 10.2. The average molecular weight is 277 g/mol. The lowest BCUT2D eigenvalue weighted by molar-refractivity contribution is -0.116. The molecule has 1 unspecified atom stereocenters. The summed E-state index contributed by atoms with van der Waals surface area (Å²) in [5, 5.41) is 6.46. The van der Waals surface area contributed by atoms with Crippen molar-refractivity contribution in [1.82, 2.24) is 4.98 Å². The molecule has 0 fully saturated rings. The second kappa shape index (κ2) is 4.62. The Bertz CT molecular complexity index is 641. The number of anilines is 2. The minimum absolute atomic E-state index is 0.0882. The van der Waals surface area contributed by atoms with E-state index >= 15 is 0 Å². The molecule has 6 heteroatoms. The maximum Gasteiger partial charge on any atom is 0.226 e. The number of halogens is 1. The zero-order chi connectivity index (χ0) is 13.4. The van der Waals surface area contributed by atoms with E-state index in [2.05, 4.69) is 15.6 Å². The van der Waals surface area contributed by atoms with Crippen LogP contribution in [0.3, 0.4) is 0 Å². The van der Waals surface area contributed by atoms with Gasteiger partial charge in [-0.1, -0.05) is 23.5 Å². The summed E-state index contributed by atoms with van der Waals surface area (Å²) < 4.78 is 13.3. The van der Waals surface area contributed by atoms with Crippen molar-refractivity contribution >= 4 is 28.2 Å². The van der Waals surface area contributed by atoms with Gasteiger partial charge in [-0.15, -0.1) is 0 Å². The Kier molecular flexibility index (Phi) is 2.94. The van der Waals surface area contributed by atoms with E-state index in [-0.39, 0.29) is 17.6 Å². The number of thiazole rings is 1. The van der Waals surface area contributed by atoms with Crippen molar-refractivity contribution in [3.63, 3.8) is 0 Å². The Balaban J connectivity index is 2.07. The average Bonchev–Trinajstić information content (AvgIpc) is 2.80. The number of nitrogens with zero attached hydrogens (tertiary/aromatic N) is 1. The lowest BCUT2D eigenvalue weighted by Gasteiger charge is -2.21. The van der Waals surface area contributed by atoms with Gasteiger partial charge in [0.2, 0.25) is 5.91 Å². The SMILES string of the molecule is CNc1nc2c(s1)C(c1cccc(F)c1)CC(=O)N2. The highest BCUT2D eigenvalue weighted by atomic mass is 32.1. The van der Waals surface area contributed by atoms with Crippen molar-refractivity contribution in [1.29, 1.82) is 0 Å². The molecule has 0 radical (unpaired) electrons. The molecule has 98 valence electrons. The number of carbonyl (C=O) groups is 1. The third kappa shape index (κ3) is 2.19. The van der Waals surface area contributed by atoms with Crippen molar-refractivity contribution in [2.45, 2.75) is 12.3 Å². The minimum Gasteiger partial charge on any atom is -0.365 e. The first-order chi connectivity index (χ1) is 9.17. The van der Waals surface area contributed by atoms with E-state index in [9.17, 15) is 9.18 Å². The smallest absolute Gasteiger partial charge is 0.226 e. The van der Waals surface area contributed by atoms with E-state index in [0.717, 1.165) is 15.6 Å². The number of aromatic nitrogens is 1. The van der Waals surface area contributed by atoms with Gasteiger partial charge in [-0.2, -0.15) is 0 Å². The number of hydrogen-bond donors (Lipinski definition) is 2. The molecular formula is C13H12FN3OS. The van der Waals surface area contributed by atoms with E-state index in [1.165, 1.54) is 23.5 Å². The van der Waals surface area contributed by atoms with Gasteiger partial charge in [-0.05, 0) is 17.7 Å². The fourth-order valence-corrected chi connectivity index (χ4v) is 3.22. The summed E-state index contributed by atoms with van der Waals surface area (Å²) in [5.74, 6) is 0.0806. The molecule has 0 spiro atoms. The second-order valence-corrected chi connectivity index (χ2v) is 5.37. The van der Waals surface area contributed by atoms with Gasteiger partial charge in [-0.3, -0.25) is 4.79 Å². The molecule has 1 aromatic heterocycles. The number of carbonyl (C=O) groups excluding carboxylic acids is 1. The largest absolute Gasteiger partial charge is 0.365 e. The minimum atomic E-state index is -0.289. The molecule has 1 aromatic carbocycles. The highest BCUT2D eigenvalue weighted by Gasteiger charge is 2.30. The summed E-state index contributed by atoms with van der Waals surface area (Å²) in [6.07, 6.45) is 0.321. The van der Waals surface area contributed by atoms with E-state index in [1.807, 2.05) is 6.07 Å². The number of fused-ring (bicyclic) bond motifs is 1. The normalized spacial score (nSPS) is 17.8. The fraction of sp³-hybridized carbons (Fsp3) is 0.231. The molecule has 1 atom stereocenters. The van der Waals surface area contributed by atoms with Gasteiger partial charge in [0.1, 0.15) is 11.6 Å². The predicted octanol–water partition coefficient (Wildman–Crippen LogP) is 2.80. The monoisotopic (exact) mass is 277 g/mol. The lowest BCUT2D eigenvalue weighted by Crippen LogP contribution is -2.22. The highest BCUT2D eigenvalue weighted by Crippen LogP contribution is 2.42. The predicted molar refractivity (Wildman–Crippen MR) is 73.2 cm³/mol. The molecule has 0 saturated heterocycles. The summed E-state index contributed by atoms with van der Waals surface area (Å²) in [6, 6.07) is 6.39. The van der Waals surface area contributed by atoms with Crippen LogP contribution in [-0.4, -0.2) is 17.9 Å². The molecule has 19 heavy (non-hydrogen) atoms. The molecule has 2 aromatic rings. The quantitative estimate of drug-likeness (QED) is 0.887. The molecule has 4 nitrogen and oxygen atoms in total. The number of nitrogens with one attached hydrogen (secondary N) is 2. The van der Waals surface area contributed by atoms with Crippen LogP contribution in [0.25, 0.3) is 0 Å². The fourth-order valence-electron chi connectivity index (χ4n) is 2.22. The Labute approximate surface area is 113 Å². The van der Waals surface area contributed by atoms with Crippen LogP contribution in [0.4, 0.5) is 15.3 Å². The molecule has 2 heterocycles. The first-order valence-corrected chi connectivity index (χ1v) is 6.73. The van der Waals surface area contributed by atoms with Gasteiger partial charge >= 0.3 is 0 Å². The number of benzene rings is 1. The summed E-state index contributed by atoms with van der Waals surface area (Å²) >= 11 is 1.49. The van der Waals surface area contributed by atoms with Gasteiger partial charge in [-0.25, -0.2) is 9.37 Å². The van der Waals surface area contributed by atoms with Crippen LogP contribution in [0, 0.1) is 5.82 Å². The third-order valence-electron chi connectivity index (χ3n) is 3.08. The summed E-state index contributed by atoms with van der Waals surface area (Å²) in [4.78, 5) is 17.0. The summed E-state index contributed by atoms with van der Waals surface area (Å²) in [7, 11) is 1.78. The molecule has 3 rings (SSSR count). The van der Waals surface area contributed by atoms with Crippen molar-refractivity contribution in [3.05, 3.63) is 40.5 Å². The maximum atomic E-state index is 13.3. The topological polar surface area (TPSA) is 54.0 Å². The Hall–Kier alpha value is -1.95. The first-order valence-electron chi connectivity index (χ1n) is 5.91. The Morgan fingerprint density at radius 1 is 1.53 bits per heavy atom. The molecule has 1 aliphatic rings. The molecule has 1 aliphatic heterocycles. The van der Waals surface area contributed by atoms with Crippen LogP contribution in [0.2, 0.25) is 0 Å². The molecule has 1 amide bonds. The molecular weight excluding hydrogens is 265 g/mol. The zero-order valence-corrected chi connectivity index (χ0v) is 11.1.